The molecule has 0 aliphatic carbocycles. The third-order valence-electron chi connectivity index (χ3n) is 5.23. The van der Waals surface area contributed by atoms with Gasteiger partial charge in [-0.2, -0.15) is 0 Å². The molecule has 1 heterocycles. The van der Waals surface area contributed by atoms with Gasteiger partial charge in [0.2, 0.25) is 0 Å². The van der Waals surface area contributed by atoms with Gasteiger partial charge in [-0.05, 0) is 54.8 Å². The van der Waals surface area contributed by atoms with Crippen molar-refractivity contribution >= 4 is 34.8 Å². The fraction of sp³-hybridized carbons (Fsp3) is 0.200. The molecule has 4 rings (SSSR count). The highest BCUT2D eigenvalue weighted by Crippen LogP contribution is 2.36. The first-order chi connectivity index (χ1) is 15.4. The number of carbonyl (C=O) groups excluding carboxylic acids is 2. The fourth-order valence-electron chi connectivity index (χ4n) is 3.61. The zero-order valence-electron chi connectivity index (χ0n) is 17.9. The molecule has 0 radical (unpaired) electrons. The number of anilines is 2. The predicted octanol–water partition coefficient (Wildman–Crippen LogP) is 4.90. The number of halogens is 1. The van der Waals surface area contributed by atoms with Crippen molar-refractivity contribution in [2.24, 2.45) is 0 Å². The van der Waals surface area contributed by atoms with Crippen molar-refractivity contribution in [1.29, 1.82) is 0 Å². The van der Waals surface area contributed by atoms with Crippen molar-refractivity contribution in [1.82, 2.24) is 0 Å². The lowest BCUT2D eigenvalue weighted by atomic mass is 10.1. The first-order valence-electron chi connectivity index (χ1n) is 10.2. The number of carbonyl (C=O) groups is 2. The molecule has 0 fully saturated rings. The summed E-state index contributed by atoms with van der Waals surface area (Å²) in [4.78, 5) is 26.7. The minimum atomic E-state index is -0.298. The van der Waals surface area contributed by atoms with Gasteiger partial charge in [-0.25, -0.2) is 0 Å². The first-order valence-corrected chi connectivity index (χ1v) is 10.6. The van der Waals surface area contributed by atoms with Crippen LogP contribution >= 0.6 is 11.6 Å². The number of hydrogen-bond donors (Lipinski definition) is 1. The Kier molecular flexibility index (Phi) is 6.32. The lowest BCUT2D eigenvalue weighted by Gasteiger charge is -2.30. The smallest absolute Gasteiger partial charge is 0.265 e. The molecule has 0 aromatic heterocycles. The molecular weight excluding hydrogens is 428 g/mol. The summed E-state index contributed by atoms with van der Waals surface area (Å²) >= 11 is 6.29. The maximum atomic E-state index is 12.6. The van der Waals surface area contributed by atoms with Crippen LogP contribution in [0.3, 0.4) is 0 Å². The van der Waals surface area contributed by atoms with Crippen molar-refractivity contribution in [3.8, 4) is 11.5 Å². The number of benzene rings is 3. The van der Waals surface area contributed by atoms with Crippen molar-refractivity contribution < 1.29 is 19.1 Å². The number of nitrogens with zero attached hydrogens (tertiary/aromatic N) is 1. The van der Waals surface area contributed by atoms with Crippen LogP contribution in [-0.4, -0.2) is 25.0 Å². The summed E-state index contributed by atoms with van der Waals surface area (Å²) in [5.41, 5.74) is 3.89. The minimum Gasteiger partial charge on any atom is -0.483 e. The third kappa shape index (κ3) is 4.70. The summed E-state index contributed by atoms with van der Waals surface area (Å²) in [6.07, 6.45) is 0. The van der Waals surface area contributed by atoms with Crippen LogP contribution in [0.2, 0.25) is 5.02 Å². The Morgan fingerprint density at radius 2 is 1.84 bits per heavy atom. The fourth-order valence-corrected chi connectivity index (χ4v) is 3.81. The standard InChI is InChI=1S/C25H23ClN2O4/c1-16-6-5-7-17(2)25(16)32-14-23(29)27-19-10-11-22-21(12-19)28(24(30)15-31-22)13-18-8-3-4-9-20(18)26/h3-12H,13-15H2,1-2H3,(H,27,29). The maximum Gasteiger partial charge on any atom is 0.265 e. The Hall–Kier alpha value is -3.51. The number of fused-ring (bicyclic) bond motifs is 1. The average Bonchev–Trinajstić information content (AvgIpc) is 2.77. The van der Waals surface area contributed by atoms with Crippen LogP contribution in [0, 0.1) is 13.8 Å². The molecule has 0 saturated carbocycles. The molecule has 6 nitrogen and oxygen atoms in total. The number of para-hydroxylation sites is 1. The van der Waals surface area contributed by atoms with Crippen LogP contribution in [0.1, 0.15) is 16.7 Å². The van der Waals surface area contributed by atoms with E-state index in [-0.39, 0.29) is 25.0 Å². The van der Waals surface area contributed by atoms with Crippen molar-refractivity contribution in [2.45, 2.75) is 20.4 Å². The van der Waals surface area contributed by atoms with Gasteiger partial charge in [-0.1, -0.05) is 48.0 Å². The van der Waals surface area contributed by atoms with Gasteiger partial charge in [-0.3, -0.25) is 9.59 Å². The molecule has 0 bridgehead atoms. The Bertz CT molecular complexity index is 1160. The zero-order chi connectivity index (χ0) is 22.7. The molecule has 1 aliphatic heterocycles. The highest BCUT2D eigenvalue weighted by molar-refractivity contribution is 6.31. The number of hydrogen-bond acceptors (Lipinski definition) is 4. The summed E-state index contributed by atoms with van der Waals surface area (Å²) in [6, 6.07) is 18.4. The van der Waals surface area contributed by atoms with Gasteiger partial charge in [0.1, 0.15) is 11.5 Å². The first kappa shape index (κ1) is 21.7. The summed E-state index contributed by atoms with van der Waals surface area (Å²) < 4.78 is 11.3. The van der Waals surface area contributed by atoms with E-state index in [1.807, 2.05) is 50.2 Å². The van der Waals surface area contributed by atoms with E-state index >= 15 is 0 Å². The van der Waals surface area contributed by atoms with E-state index in [0.717, 1.165) is 16.7 Å². The molecule has 164 valence electrons. The van der Waals surface area contributed by atoms with Gasteiger partial charge in [0.05, 0.1) is 12.2 Å². The van der Waals surface area contributed by atoms with Crippen LogP contribution in [0.4, 0.5) is 11.4 Å². The lowest BCUT2D eigenvalue weighted by Crippen LogP contribution is -2.38. The summed E-state index contributed by atoms with van der Waals surface area (Å²) in [6.45, 7) is 4.01. The quantitative estimate of drug-likeness (QED) is 0.580. The van der Waals surface area contributed by atoms with Crippen LogP contribution in [0.5, 0.6) is 11.5 Å². The predicted molar refractivity (Wildman–Crippen MR) is 125 cm³/mol. The number of rotatable bonds is 6. The molecule has 7 heteroatoms. The Balaban J connectivity index is 1.49. The van der Waals surface area contributed by atoms with Crippen LogP contribution in [0.25, 0.3) is 0 Å². The molecule has 32 heavy (non-hydrogen) atoms. The zero-order valence-corrected chi connectivity index (χ0v) is 18.6. The van der Waals surface area contributed by atoms with E-state index in [9.17, 15) is 9.59 Å². The van der Waals surface area contributed by atoms with E-state index < -0.39 is 0 Å². The van der Waals surface area contributed by atoms with E-state index in [1.165, 1.54) is 0 Å². The summed E-state index contributed by atoms with van der Waals surface area (Å²) in [7, 11) is 0. The second-order valence-electron chi connectivity index (χ2n) is 7.60. The van der Waals surface area contributed by atoms with Crippen molar-refractivity contribution in [3.05, 3.63) is 82.4 Å². The van der Waals surface area contributed by atoms with Gasteiger partial charge < -0.3 is 19.7 Å². The molecule has 3 aromatic rings. The average molecular weight is 451 g/mol. The lowest BCUT2D eigenvalue weighted by molar-refractivity contribution is -0.121. The van der Waals surface area contributed by atoms with E-state index in [1.54, 1.807) is 29.2 Å². The third-order valence-corrected chi connectivity index (χ3v) is 5.60. The largest absolute Gasteiger partial charge is 0.483 e. The Morgan fingerprint density at radius 1 is 1.09 bits per heavy atom. The second-order valence-corrected chi connectivity index (χ2v) is 8.01. The van der Waals surface area contributed by atoms with Crippen molar-refractivity contribution in [3.63, 3.8) is 0 Å². The van der Waals surface area contributed by atoms with Crippen LogP contribution < -0.4 is 19.7 Å². The molecule has 0 atom stereocenters. The molecule has 2 amide bonds. The molecule has 0 unspecified atom stereocenters. The van der Waals surface area contributed by atoms with Crippen LogP contribution in [0.15, 0.2) is 60.7 Å². The monoisotopic (exact) mass is 450 g/mol. The minimum absolute atomic E-state index is 0.0488. The van der Waals surface area contributed by atoms with Gasteiger partial charge in [0, 0.05) is 10.7 Å². The number of ether oxygens (including phenoxy) is 2. The second kappa shape index (κ2) is 9.32. The number of nitrogens with one attached hydrogen (secondary N) is 1. The highest BCUT2D eigenvalue weighted by Gasteiger charge is 2.26. The van der Waals surface area contributed by atoms with Crippen molar-refractivity contribution in [2.75, 3.05) is 23.4 Å². The topological polar surface area (TPSA) is 67.9 Å². The molecule has 1 aliphatic rings. The number of aryl methyl sites for hydroxylation is 2. The summed E-state index contributed by atoms with van der Waals surface area (Å²) in [5, 5.41) is 3.41. The van der Waals surface area contributed by atoms with E-state index in [0.29, 0.717) is 34.4 Å². The van der Waals surface area contributed by atoms with E-state index in [2.05, 4.69) is 5.32 Å². The molecule has 0 saturated heterocycles. The SMILES string of the molecule is Cc1cccc(C)c1OCC(=O)Nc1ccc2c(c1)N(Cc1ccccc1Cl)C(=O)CO2. The molecule has 1 N–H and O–H groups in total. The van der Waals surface area contributed by atoms with Gasteiger partial charge in [-0.15, -0.1) is 0 Å². The van der Waals surface area contributed by atoms with E-state index in [4.69, 9.17) is 21.1 Å². The normalized spacial score (nSPS) is 12.7. The number of amides is 2. The summed E-state index contributed by atoms with van der Waals surface area (Å²) in [5.74, 6) is 0.798. The van der Waals surface area contributed by atoms with Crippen LogP contribution in [-0.2, 0) is 16.1 Å². The van der Waals surface area contributed by atoms with Gasteiger partial charge in [0.25, 0.3) is 11.8 Å². The molecule has 0 spiro atoms. The highest BCUT2D eigenvalue weighted by atomic mass is 35.5. The van der Waals surface area contributed by atoms with Gasteiger partial charge >= 0.3 is 0 Å². The maximum absolute atomic E-state index is 12.6. The molecule has 3 aromatic carbocycles. The molecular formula is C25H23ClN2O4. The Labute approximate surface area is 191 Å². The van der Waals surface area contributed by atoms with Gasteiger partial charge in [0.15, 0.2) is 13.2 Å². The Morgan fingerprint density at radius 3 is 2.59 bits per heavy atom.